The molecule has 0 radical (unpaired) electrons. The van der Waals surface area contributed by atoms with E-state index in [1.165, 1.54) is 13.8 Å². The summed E-state index contributed by atoms with van der Waals surface area (Å²) >= 11 is 0. The third kappa shape index (κ3) is 3.10. The van der Waals surface area contributed by atoms with Gasteiger partial charge in [-0.05, 0) is 22.5 Å². The van der Waals surface area contributed by atoms with Gasteiger partial charge in [0, 0.05) is 25.0 Å². The number of ether oxygens (including phenoxy) is 3. The average Bonchev–Trinajstić information content (AvgIpc) is 3.04. The van der Waals surface area contributed by atoms with Crippen LogP contribution in [0.3, 0.4) is 0 Å². The lowest BCUT2D eigenvalue weighted by molar-refractivity contribution is -0.254. The number of Topliss-reactive ketones (excluding diaryl/α,β-unsaturated/α-hetero) is 1. The Morgan fingerprint density at radius 2 is 1.45 bits per heavy atom. The maximum absolute atomic E-state index is 14.1. The van der Waals surface area contributed by atoms with Crippen molar-refractivity contribution in [2.75, 3.05) is 0 Å². The van der Waals surface area contributed by atoms with E-state index in [-0.39, 0.29) is 10.8 Å². The first-order valence-electron chi connectivity index (χ1n) is 11.1. The van der Waals surface area contributed by atoms with Gasteiger partial charge in [0.2, 0.25) is 5.78 Å². The number of rotatable bonds is 2. The molecule has 6 nitrogen and oxygen atoms in total. The van der Waals surface area contributed by atoms with Crippen LogP contribution < -0.4 is 4.74 Å². The Hall–Kier alpha value is -3.15. The summed E-state index contributed by atoms with van der Waals surface area (Å²) in [5, 5.41) is 0. The summed E-state index contributed by atoms with van der Waals surface area (Å²) in [5.74, 6) is -3.35. The van der Waals surface area contributed by atoms with E-state index in [0.29, 0.717) is 22.4 Å². The van der Waals surface area contributed by atoms with E-state index >= 15 is 0 Å². The molecule has 6 heteroatoms. The first kappa shape index (κ1) is 23.0. The molecule has 1 aliphatic heterocycles. The highest BCUT2D eigenvalue weighted by atomic mass is 16.8. The lowest BCUT2D eigenvalue weighted by Gasteiger charge is -2.36. The van der Waals surface area contributed by atoms with Crippen LogP contribution in [0.1, 0.15) is 88.0 Å². The van der Waals surface area contributed by atoms with Gasteiger partial charge in [0.15, 0.2) is 0 Å². The van der Waals surface area contributed by atoms with E-state index in [4.69, 9.17) is 14.2 Å². The summed E-state index contributed by atoms with van der Waals surface area (Å²) in [6.07, 6.45) is 0. The predicted octanol–water partition coefficient (Wildman–Crippen LogP) is 5.04. The predicted molar refractivity (Wildman–Crippen MR) is 122 cm³/mol. The number of ketones is 1. The van der Waals surface area contributed by atoms with E-state index < -0.39 is 29.1 Å². The molecule has 0 saturated carbocycles. The van der Waals surface area contributed by atoms with Gasteiger partial charge in [-0.25, -0.2) is 0 Å². The van der Waals surface area contributed by atoms with Crippen molar-refractivity contribution in [3.05, 3.63) is 64.2 Å². The fourth-order valence-electron chi connectivity index (χ4n) is 4.79. The first-order chi connectivity index (χ1) is 15.1. The fourth-order valence-corrected chi connectivity index (χ4v) is 4.79. The molecule has 2 atom stereocenters. The minimum Gasteiger partial charge on any atom is -0.443 e. The number of esters is 2. The molecule has 33 heavy (non-hydrogen) atoms. The molecule has 0 amide bonds. The number of carbonyl (C=O) groups excluding carboxylic acids is 3. The van der Waals surface area contributed by atoms with Crippen molar-refractivity contribution in [2.24, 2.45) is 0 Å². The average molecular weight is 451 g/mol. The molecule has 2 aliphatic rings. The maximum atomic E-state index is 14.1. The van der Waals surface area contributed by atoms with E-state index in [9.17, 15) is 14.4 Å². The zero-order valence-corrected chi connectivity index (χ0v) is 20.4. The molecule has 2 aromatic carbocycles. The van der Waals surface area contributed by atoms with Gasteiger partial charge in [-0.2, -0.15) is 0 Å². The highest BCUT2D eigenvalue weighted by molar-refractivity contribution is 6.11. The Bertz CT molecular complexity index is 1200. The number of fused-ring (bicyclic) bond motifs is 5. The molecule has 1 heterocycles. The van der Waals surface area contributed by atoms with Gasteiger partial charge in [0.25, 0.3) is 5.60 Å². The molecular formula is C27H30O6. The zero-order valence-electron chi connectivity index (χ0n) is 20.4. The molecule has 174 valence electrons. The van der Waals surface area contributed by atoms with Crippen molar-refractivity contribution >= 4 is 17.7 Å². The Labute approximate surface area is 194 Å². The number of benzene rings is 2. The van der Waals surface area contributed by atoms with Crippen molar-refractivity contribution in [2.45, 2.75) is 77.6 Å². The van der Waals surface area contributed by atoms with Gasteiger partial charge in [-0.3, -0.25) is 14.4 Å². The highest BCUT2D eigenvalue weighted by Crippen LogP contribution is 2.64. The second kappa shape index (κ2) is 6.92. The summed E-state index contributed by atoms with van der Waals surface area (Å²) in [6.45, 7) is 14.8. The van der Waals surface area contributed by atoms with E-state index in [0.717, 1.165) is 11.1 Å². The third-order valence-corrected chi connectivity index (χ3v) is 6.28. The summed E-state index contributed by atoms with van der Waals surface area (Å²) in [4.78, 5) is 38.9. The normalized spacial score (nSPS) is 23.3. The summed E-state index contributed by atoms with van der Waals surface area (Å²) in [5.41, 5.74) is 0.215. The molecule has 0 spiro atoms. The third-order valence-electron chi connectivity index (χ3n) is 6.28. The minimum atomic E-state index is -1.98. The van der Waals surface area contributed by atoms with E-state index in [1.54, 1.807) is 24.3 Å². The molecular weight excluding hydrogens is 420 g/mol. The smallest absolute Gasteiger partial charge is 0.334 e. The largest absolute Gasteiger partial charge is 0.443 e. The van der Waals surface area contributed by atoms with Gasteiger partial charge >= 0.3 is 17.7 Å². The van der Waals surface area contributed by atoms with Crippen LogP contribution in [0, 0.1) is 0 Å². The summed E-state index contributed by atoms with van der Waals surface area (Å²) in [7, 11) is 0. The Balaban J connectivity index is 2.18. The molecule has 1 aliphatic carbocycles. The molecule has 0 N–H and O–H groups in total. The van der Waals surface area contributed by atoms with Crippen LogP contribution in [0.25, 0.3) is 0 Å². The zero-order chi connectivity index (χ0) is 24.6. The Morgan fingerprint density at radius 1 is 0.848 bits per heavy atom. The van der Waals surface area contributed by atoms with Crippen LogP contribution in [-0.2, 0) is 41.3 Å². The number of carbonyl (C=O) groups is 3. The Kier molecular flexibility index (Phi) is 4.83. The van der Waals surface area contributed by atoms with Crippen LogP contribution in [0.4, 0.5) is 0 Å². The monoisotopic (exact) mass is 450 g/mol. The van der Waals surface area contributed by atoms with Crippen molar-refractivity contribution in [1.29, 1.82) is 0 Å². The van der Waals surface area contributed by atoms with Crippen LogP contribution in [0.15, 0.2) is 36.4 Å². The molecule has 0 aromatic heterocycles. The molecule has 0 fully saturated rings. The molecule has 4 rings (SSSR count). The van der Waals surface area contributed by atoms with Crippen LogP contribution >= 0.6 is 0 Å². The van der Waals surface area contributed by atoms with Crippen molar-refractivity contribution in [3.8, 4) is 5.75 Å². The van der Waals surface area contributed by atoms with Gasteiger partial charge in [-0.15, -0.1) is 0 Å². The second-order valence-corrected chi connectivity index (χ2v) is 10.9. The lowest BCUT2D eigenvalue weighted by Crippen LogP contribution is -2.54. The van der Waals surface area contributed by atoms with E-state index in [2.05, 4.69) is 26.8 Å². The van der Waals surface area contributed by atoms with Gasteiger partial charge in [-0.1, -0.05) is 71.9 Å². The molecule has 2 unspecified atom stereocenters. The van der Waals surface area contributed by atoms with Crippen LogP contribution in [-0.4, -0.2) is 17.7 Å². The standard InChI is InChI=1S/C27H30O6/c1-15(28)31-26-21-14-17(24(3,4)5)13-20(25(6,7)8)22(21)33-27(26,32-16(2)29)19-12-10-9-11-18(19)23(26)30/h9-14H,1-8H3. The Morgan fingerprint density at radius 3 is 2.00 bits per heavy atom. The van der Waals surface area contributed by atoms with Gasteiger partial charge in [0.1, 0.15) is 5.75 Å². The summed E-state index contributed by atoms with van der Waals surface area (Å²) < 4.78 is 18.2. The quantitative estimate of drug-likeness (QED) is 0.596. The van der Waals surface area contributed by atoms with Crippen molar-refractivity contribution in [1.82, 2.24) is 0 Å². The molecule has 0 saturated heterocycles. The number of hydrogen-bond donors (Lipinski definition) is 0. The van der Waals surface area contributed by atoms with Crippen molar-refractivity contribution in [3.63, 3.8) is 0 Å². The van der Waals surface area contributed by atoms with Gasteiger partial charge < -0.3 is 14.2 Å². The SMILES string of the molecule is CC(=O)OC12Oc3c(C(C)(C)C)cc(C(C)(C)C)cc3C1(OC(C)=O)C(=O)c1ccccc12. The fraction of sp³-hybridized carbons (Fsp3) is 0.444. The topological polar surface area (TPSA) is 78.9 Å². The molecule has 0 bridgehead atoms. The molecule has 2 aromatic rings. The van der Waals surface area contributed by atoms with Crippen LogP contribution in [0.2, 0.25) is 0 Å². The van der Waals surface area contributed by atoms with Crippen molar-refractivity contribution < 1.29 is 28.6 Å². The number of hydrogen-bond acceptors (Lipinski definition) is 6. The van der Waals surface area contributed by atoms with Gasteiger partial charge in [0.05, 0.1) is 11.1 Å². The minimum absolute atomic E-state index is 0.270. The summed E-state index contributed by atoms with van der Waals surface area (Å²) in [6, 6.07) is 10.7. The second-order valence-electron chi connectivity index (χ2n) is 10.9. The highest BCUT2D eigenvalue weighted by Gasteiger charge is 2.77. The first-order valence-corrected chi connectivity index (χ1v) is 11.1. The van der Waals surface area contributed by atoms with Crippen LogP contribution in [0.5, 0.6) is 5.75 Å². The lowest BCUT2D eigenvalue weighted by atomic mass is 9.76. The van der Waals surface area contributed by atoms with E-state index in [1.807, 2.05) is 26.8 Å². The maximum Gasteiger partial charge on any atom is 0.334 e.